The highest BCUT2D eigenvalue weighted by atomic mass is 16.3. The quantitative estimate of drug-likeness (QED) is 0.777. The van der Waals surface area contributed by atoms with E-state index in [-0.39, 0.29) is 6.04 Å². The molecule has 0 spiro atoms. The molecule has 0 saturated heterocycles. The second kappa shape index (κ2) is 7.55. The first-order valence-corrected chi connectivity index (χ1v) is 7.08. The first kappa shape index (κ1) is 15.2. The summed E-state index contributed by atoms with van der Waals surface area (Å²) in [5, 5.41) is 13.6. The van der Waals surface area contributed by atoms with Crippen molar-refractivity contribution < 1.29 is 5.11 Å². The summed E-state index contributed by atoms with van der Waals surface area (Å²) in [4.78, 5) is 0. The lowest BCUT2D eigenvalue weighted by molar-refractivity contribution is 0.127. The second-order valence-electron chi connectivity index (χ2n) is 5.36. The Kier molecular flexibility index (Phi) is 6.37. The van der Waals surface area contributed by atoms with Gasteiger partial charge in [0.05, 0.1) is 6.10 Å². The lowest BCUT2D eigenvalue weighted by Crippen LogP contribution is -2.34. The van der Waals surface area contributed by atoms with Crippen LogP contribution in [0.2, 0.25) is 0 Å². The molecule has 0 saturated carbocycles. The van der Waals surface area contributed by atoms with Crippen LogP contribution in [0.1, 0.15) is 51.3 Å². The number of rotatable bonds is 7. The normalized spacial score (nSPS) is 14.8. The molecule has 2 unspecified atom stereocenters. The summed E-state index contributed by atoms with van der Waals surface area (Å²) >= 11 is 0. The van der Waals surface area contributed by atoms with Crippen molar-refractivity contribution in [2.75, 3.05) is 6.54 Å². The zero-order chi connectivity index (χ0) is 13.5. The van der Waals surface area contributed by atoms with Gasteiger partial charge in [-0.25, -0.2) is 0 Å². The van der Waals surface area contributed by atoms with E-state index in [0.717, 1.165) is 24.9 Å². The van der Waals surface area contributed by atoms with E-state index < -0.39 is 6.10 Å². The first-order chi connectivity index (χ1) is 8.58. The van der Waals surface area contributed by atoms with Crippen molar-refractivity contribution in [1.29, 1.82) is 0 Å². The number of nitrogens with one attached hydrogen (secondary N) is 1. The zero-order valence-corrected chi connectivity index (χ0v) is 12.1. The summed E-state index contributed by atoms with van der Waals surface area (Å²) in [7, 11) is 0. The third kappa shape index (κ3) is 4.43. The molecule has 18 heavy (non-hydrogen) atoms. The van der Waals surface area contributed by atoms with Crippen LogP contribution in [0.5, 0.6) is 0 Å². The molecule has 0 radical (unpaired) electrons. The van der Waals surface area contributed by atoms with Crippen LogP contribution in [0.15, 0.2) is 24.3 Å². The SMILES string of the molecule is CCNC(CC)C(O)c1ccc(CC(C)C)cc1. The van der Waals surface area contributed by atoms with Crippen molar-refractivity contribution in [2.24, 2.45) is 5.92 Å². The van der Waals surface area contributed by atoms with Crippen LogP contribution < -0.4 is 5.32 Å². The van der Waals surface area contributed by atoms with Crippen molar-refractivity contribution in [3.63, 3.8) is 0 Å². The van der Waals surface area contributed by atoms with Crippen molar-refractivity contribution >= 4 is 0 Å². The Morgan fingerprint density at radius 3 is 2.17 bits per heavy atom. The standard InChI is InChI=1S/C16H27NO/c1-5-15(17-6-2)16(18)14-9-7-13(8-10-14)11-12(3)4/h7-10,12,15-18H,5-6,11H2,1-4H3. The van der Waals surface area contributed by atoms with E-state index in [0.29, 0.717) is 5.92 Å². The van der Waals surface area contributed by atoms with E-state index >= 15 is 0 Å². The van der Waals surface area contributed by atoms with Gasteiger partial charge in [0.2, 0.25) is 0 Å². The third-order valence-corrected chi connectivity index (χ3v) is 3.25. The minimum Gasteiger partial charge on any atom is -0.387 e. The average Bonchev–Trinajstić information content (AvgIpc) is 2.35. The van der Waals surface area contributed by atoms with Crippen LogP contribution >= 0.6 is 0 Å². The molecule has 0 aliphatic heterocycles. The van der Waals surface area contributed by atoms with Gasteiger partial charge in [-0.2, -0.15) is 0 Å². The van der Waals surface area contributed by atoms with Gasteiger partial charge in [0.25, 0.3) is 0 Å². The Balaban J connectivity index is 2.71. The summed E-state index contributed by atoms with van der Waals surface area (Å²) in [6, 6.07) is 8.53. The highest BCUT2D eigenvalue weighted by Gasteiger charge is 2.17. The Hall–Kier alpha value is -0.860. The first-order valence-electron chi connectivity index (χ1n) is 7.08. The van der Waals surface area contributed by atoms with E-state index in [4.69, 9.17) is 0 Å². The lowest BCUT2D eigenvalue weighted by atomic mass is 9.96. The maximum atomic E-state index is 10.3. The van der Waals surface area contributed by atoms with Crippen LogP contribution in [0, 0.1) is 5.92 Å². The average molecular weight is 249 g/mol. The number of aliphatic hydroxyl groups excluding tert-OH is 1. The molecular formula is C16H27NO. The summed E-state index contributed by atoms with van der Waals surface area (Å²) in [5.41, 5.74) is 2.35. The van der Waals surface area contributed by atoms with Crippen molar-refractivity contribution in [2.45, 2.75) is 52.7 Å². The monoisotopic (exact) mass is 249 g/mol. The minimum absolute atomic E-state index is 0.144. The highest BCUT2D eigenvalue weighted by molar-refractivity contribution is 5.25. The van der Waals surface area contributed by atoms with Crippen molar-refractivity contribution in [3.8, 4) is 0 Å². The maximum absolute atomic E-state index is 10.3. The van der Waals surface area contributed by atoms with Crippen molar-refractivity contribution in [1.82, 2.24) is 5.32 Å². The summed E-state index contributed by atoms with van der Waals surface area (Å²) in [5.74, 6) is 0.672. The van der Waals surface area contributed by atoms with Gasteiger partial charge in [-0.15, -0.1) is 0 Å². The van der Waals surface area contributed by atoms with E-state index in [9.17, 15) is 5.11 Å². The molecule has 0 amide bonds. The molecule has 0 aliphatic rings. The molecule has 2 nitrogen and oxygen atoms in total. The van der Waals surface area contributed by atoms with Crippen LogP contribution in [0.25, 0.3) is 0 Å². The molecule has 0 aliphatic carbocycles. The Bertz CT molecular complexity index is 331. The summed E-state index contributed by atoms with van der Waals surface area (Å²) in [6.07, 6.45) is 1.62. The molecule has 102 valence electrons. The molecule has 1 rings (SSSR count). The smallest absolute Gasteiger partial charge is 0.0942 e. The molecule has 0 aromatic heterocycles. The minimum atomic E-state index is -0.414. The summed E-state index contributed by atoms with van der Waals surface area (Å²) < 4.78 is 0. The molecule has 1 aromatic carbocycles. The molecular weight excluding hydrogens is 222 g/mol. The molecule has 2 atom stereocenters. The predicted octanol–water partition coefficient (Wildman–Crippen LogP) is 3.31. The van der Waals surface area contributed by atoms with Crippen molar-refractivity contribution in [3.05, 3.63) is 35.4 Å². The topological polar surface area (TPSA) is 32.3 Å². The van der Waals surface area contributed by atoms with Gasteiger partial charge in [-0.1, -0.05) is 52.0 Å². The van der Waals surface area contributed by atoms with Crippen LogP contribution in [-0.2, 0) is 6.42 Å². The zero-order valence-electron chi connectivity index (χ0n) is 12.1. The Labute approximate surface area is 111 Å². The summed E-state index contributed by atoms with van der Waals surface area (Å²) in [6.45, 7) is 9.51. The molecule has 1 aromatic rings. The van der Waals surface area contributed by atoms with Crippen LogP contribution in [-0.4, -0.2) is 17.7 Å². The van der Waals surface area contributed by atoms with Gasteiger partial charge >= 0.3 is 0 Å². The fourth-order valence-electron chi connectivity index (χ4n) is 2.30. The van der Waals surface area contributed by atoms with Crippen LogP contribution in [0.3, 0.4) is 0 Å². The van der Waals surface area contributed by atoms with Gasteiger partial charge in [-0.05, 0) is 36.4 Å². The number of hydrogen-bond acceptors (Lipinski definition) is 2. The molecule has 0 fully saturated rings. The largest absolute Gasteiger partial charge is 0.387 e. The Morgan fingerprint density at radius 2 is 1.72 bits per heavy atom. The highest BCUT2D eigenvalue weighted by Crippen LogP contribution is 2.20. The van der Waals surface area contributed by atoms with E-state index in [2.05, 4.69) is 57.3 Å². The van der Waals surface area contributed by atoms with Gasteiger partial charge in [0.1, 0.15) is 0 Å². The number of benzene rings is 1. The van der Waals surface area contributed by atoms with E-state index in [1.807, 2.05) is 0 Å². The molecule has 2 N–H and O–H groups in total. The molecule has 0 bridgehead atoms. The third-order valence-electron chi connectivity index (χ3n) is 3.25. The van der Waals surface area contributed by atoms with E-state index in [1.165, 1.54) is 5.56 Å². The van der Waals surface area contributed by atoms with Gasteiger partial charge in [0.15, 0.2) is 0 Å². The predicted molar refractivity (Wildman–Crippen MR) is 77.7 cm³/mol. The Morgan fingerprint density at radius 1 is 1.11 bits per heavy atom. The van der Waals surface area contributed by atoms with Gasteiger partial charge in [-0.3, -0.25) is 0 Å². The second-order valence-corrected chi connectivity index (χ2v) is 5.36. The number of likely N-dealkylation sites (N-methyl/N-ethyl adjacent to an activating group) is 1. The van der Waals surface area contributed by atoms with Gasteiger partial charge < -0.3 is 10.4 Å². The molecule has 0 heterocycles. The fourth-order valence-corrected chi connectivity index (χ4v) is 2.30. The number of aliphatic hydroxyl groups is 1. The van der Waals surface area contributed by atoms with Crippen LogP contribution in [0.4, 0.5) is 0 Å². The van der Waals surface area contributed by atoms with Gasteiger partial charge in [0, 0.05) is 6.04 Å². The lowest BCUT2D eigenvalue weighted by Gasteiger charge is -2.23. The van der Waals surface area contributed by atoms with E-state index in [1.54, 1.807) is 0 Å². The number of hydrogen-bond donors (Lipinski definition) is 2. The fraction of sp³-hybridized carbons (Fsp3) is 0.625. The maximum Gasteiger partial charge on any atom is 0.0942 e. The molecule has 2 heteroatoms.